The van der Waals surface area contributed by atoms with Gasteiger partial charge in [-0.1, -0.05) is 30.0 Å². The first-order valence-electron chi connectivity index (χ1n) is 7.70. The molecule has 0 aliphatic carbocycles. The number of fused-ring (bicyclic) bond motifs is 3. The van der Waals surface area contributed by atoms with Gasteiger partial charge < -0.3 is 5.32 Å². The highest BCUT2D eigenvalue weighted by molar-refractivity contribution is 7.98. The van der Waals surface area contributed by atoms with Gasteiger partial charge in [-0.05, 0) is 24.6 Å². The minimum Gasteiger partial charge on any atom is -0.302 e. The zero-order chi connectivity index (χ0) is 17.4. The largest absolute Gasteiger partial charge is 0.302 e. The van der Waals surface area contributed by atoms with E-state index in [0.717, 1.165) is 22.0 Å². The Morgan fingerprint density at radius 2 is 2.16 bits per heavy atom. The van der Waals surface area contributed by atoms with Crippen molar-refractivity contribution in [1.82, 2.24) is 19.6 Å². The van der Waals surface area contributed by atoms with Crippen molar-refractivity contribution in [2.45, 2.75) is 24.8 Å². The van der Waals surface area contributed by atoms with E-state index < -0.39 is 0 Å². The number of aromatic nitrogens is 4. The fraction of sp³-hybridized carbons (Fsp3) is 0.176. The predicted octanol–water partition coefficient (Wildman–Crippen LogP) is 3.90. The molecule has 0 aliphatic heterocycles. The van der Waals surface area contributed by atoms with Crippen molar-refractivity contribution in [3.8, 4) is 0 Å². The van der Waals surface area contributed by atoms with Gasteiger partial charge in [-0.3, -0.25) is 9.20 Å². The number of aryl methyl sites for hydroxylation is 1. The van der Waals surface area contributed by atoms with Gasteiger partial charge in [-0.25, -0.2) is 4.98 Å². The highest BCUT2D eigenvalue weighted by Gasteiger charge is 2.12. The monoisotopic (exact) mass is 369 g/mol. The summed E-state index contributed by atoms with van der Waals surface area (Å²) in [5.74, 6) is 0.554. The number of anilines is 1. The van der Waals surface area contributed by atoms with E-state index in [9.17, 15) is 4.79 Å². The molecule has 3 aromatic heterocycles. The summed E-state index contributed by atoms with van der Waals surface area (Å²) >= 11 is 3.01. The van der Waals surface area contributed by atoms with Crippen molar-refractivity contribution in [3.63, 3.8) is 0 Å². The molecule has 0 saturated carbocycles. The molecule has 4 rings (SSSR count). The number of thioether (sulfide) groups is 1. The van der Waals surface area contributed by atoms with Gasteiger partial charge in [0.05, 0.1) is 11.2 Å². The van der Waals surface area contributed by atoms with Crippen LogP contribution in [0.4, 0.5) is 5.13 Å². The lowest BCUT2D eigenvalue weighted by Gasteiger charge is -2.06. The van der Waals surface area contributed by atoms with Crippen LogP contribution in [0.5, 0.6) is 0 Å². The molecule has 0 atom stereocenters. The van der Waals surface area contributed by atoms with Crippen LogP contribution in [-0.4, -0.2) is 25.5 Å². The van der Waals surface area contributed by atoms with Crippen molar-refractivity contribution in [2.75, 3.05) is 5.32 Å². The molecular weight excluding hydrogens is 354 g/mol. The molecule has 25 heavy (non-hydrogen) atoms. The van der Waals surface area contributed by atoms with Gasteiger partial charge in [0, 0.05) is 23.4 Å². The molecular formula is C17H15N5OS2. The summed E-state index contributed by atoms with van der Waals surface area (Å²) in [6.07, 6.45) is 0. The van der Waals surface area contributed by atoms with Crippen LogP contribution < -0.4 is 5.32 Å². The third-order valence-corrected chi connectivity index (χ3v) is 5.53. The van der Waals surface area contributed by atoms with E-state index in [1.54, 1.807) is 11.8 Å². The maximum absolute atomic E-state index is 11.1. The van der Waals surface area contributed by atoms with E-state index in [0.29, 0.717) is 10.9 Å². The number of benzene rings is 1. The quantitative estimate of drug-likeness (QED) is 0.552. The molecule has 0 fully saturated rings. The summed E-state index contributed by atoms with van der Waals surface area (Å²) in [5.41, 5.74) is 4.04. The van der Waals surface area contributed by atoms with Crippen LogP contribution in [0.1, 0.15) is 18.2 Å². The Labute approximate surface area is 152 Å². The number of pyridine rings is 1. The van der Waals surface area contributed by atoms with Crippen LogP contribution in [0.15, 0.2) is 40.9 Å². The highest BCUT2D eigenvalue weighted by Crippen LogP contribution is 2.28. The first-order chi connectivity index (χ1) is 12.1. The Balaban J connectivity index is 1.65. The molecule has 8 heteroatoms. The molecule has 1 aromatic carbocycles. The molecule has 0 aliphatic rings. The molecule has 4 aromatic rings. The topological polar surface area (TPSA) is 72.2 Å². The number of carbonyl (C=O) groups is 1. The molecule has 6 nitrogen and oxygen atoms in total. The number of nitrogens with one attached hydrogen (secondary N) is 1. The molecule has 3 heterocycles. The van der Waals surface area contributed by atoms with Gasteiger partial charge in [0.2, 0.25) is 5.91 Å². The summed E-state index contributed by atoms with van der Waals surface area (Å²) in [7, 11) is 0. The zero-order valence-corrected chi connectivity index (χ0v) is 15.3. The van der Waals surface area contributed by atoms with Crippen LogP contribution >= 0.6 is 23.1 Å². The highest BCUT2D eigenvalue weighted by atomic mass is 32.2. The molecule has 1 amide bonds. The molecule has 1 N–H and O–H groups in total. The number of hydrogen-bond donors (Lipinski definition) is 1. The minimum absolute atomic E-state index is 0.112. The second-order valence-corrected chi connectivity index (χ2v) is 7.44. The molecule has 0 radical (unpaired) electrons. The smallest absolute Gasteiger partial charge is 0.223 e. The molecule has 0 bridgehead atoms. The SMILES string of the molecule is CC(=O)Nc1nc(CSc2nnc3cc(C)c4ccccc4n23)cs1. The van der Waals surface area contributed by atoms with Gasteiger partial charge in [0.1, 0.15) is 0 Å². The first-order valence-corrected chi connectivity index (χ1v) is 9.56. The lowest BCUT2D eigenvalue weighted by molar-refractivity contribution is -0.114. The van der Waals surface area contributed by atoms with E-state index in [2.05, 4.69) is 50.0 Å². The lowest BCUT2D eigenvalue weighted by atomic mass is 10.1. The Bertz CT molecular complexity index is 1090. The minimum atomic E-state index is -0.112. The van der Waals surface area contributed by atoms with Crippen molar-refractivity contribution in [3.05, 3.63) is 47.0 Å². The number of para-hydroxylation sites is 1. The van der Waals surface area contributed by atoms with E-state index >= 15 is 0 Å². The second kappa shape index (κ2) is 6.45. The van der Waals surface area contributed by atoms with Crippen LogP contribution in [-0.2, 0) is 10.5 Å². The normalized spacial score (nSPS) is 11.3. The fourth-order valence-corrected chi connectivity index (χ4v) is 4.39. The third kappa shape index (κ3) is 3.10. The maximum atomic E-state index is 11.1. The summed E-state index contributed by atoms with van der Waals surface area (Å²) < 4.78 is 2.08. The Morgan fingerprint density at radius 1 is 1.32 bits per heavy atom. The Hall–Kier alpha value is -2.45. The number of carbonyl (C=O) groups excluding carboxylic acids is 1. The maximum Gasteiger partial charge on any atom is 0.223 e. The van der Waals surface area contributed by atoms with Crippen molar-refractivity contribution in [2.24, 2.45) is 0 Å². The van der Waals surface area contributed by atoms with Crippen LogP contribution in [0.25, 0.3) is 16.6 Å². The molecule has 126 valence electrons. The number of thiazole rings is 1. The molecule has 0 saturated heterocycles. The first kappa shape index (κ1) is 16.0. The number of amides is 1. The van der Waals surface area contributed by atoms with Crippen LogP contribution in [0.2, 0.25) is 0 Å². The Morgan fingerprint density at radius 3 is 3.00 bits per heavy atom. The van der Waals surface area contributed by atoms with Crippen molar-refractivity contribution < 1.29 is 4.79 Å². The summed E-state index contributed by atoms with van der Waals surface area (Å²) in [5, 5.41) is 15.9. The molecule has 0 spiro atoms. The third-order valence-electron chi connectivity index (χ3n) is 3.76. The second-order valence-electron chi connectivity index (χ2n) is 5.63. The van der Waals surface area contributed by atoms with E-state index in [1.165, 1.54) is 29.2 Å². The van der Waals surface area contributed by atoms with E-state index in [4.69, 9.17) is 0 Å². The van der Waals surface area contributed by atoms with Crippen molar-refractivity contribution in [1.29, 1.82) is 0 Å². The molecule has 0 unspecified atom stereocenters. The van der Waals surface area contributed by atoms with E-state index in [1.807, 2.05) is 17.5 Å². The van der Waals surface area contributed by atoms with Gasteiger partial charge in [-0.2, -0.15) is 0 Å². The number of hydrogen-bond acceptors (Lipinski definition) is 6. The van der Waals surface area contributed by atoms with Crippen LogP contribution in [0.3, 0.4) is 0 Å². The fourth-order valence-electron chi connectivity index (χ4n) is 2.69. The van der Waals surface area contributed by atoms with Gasteiger partial charge >= 0.3 is 0 Å². The number of nitrogens with zero attached hydrogens (tertiary/aromatic N) is 4. The lowest BCUT2D eigenvalue weighted by Crippen LogP contribution is -2.05. The van der Waals surface area contributed by atoms with Gasteiger partial charge in [0.15, 0.2) is 15.9 Å². The van der Waals surface area contributed by atoms with Crippen molar-refractivity contribution >= 4 is 50.7 Å². The van der Waals surface area contributed by atoms with Gasteiger partial charge in [-0.15, -0.1) is 21.5 Å². The van der Waals surface area contributed by atoms with Gasteiger partial charge in [0.25, 0.3) is 0 Å². The zero-order valence-electron chi connectivity index (χ0n) is 13.7. The summed E-state index contributed by atoms with van der Waals surface area (Å²) in [6.45, 7) is 3.56. The predicted molar refractivity (Wildman–Crippen MR) is 101 cm³/mol. The Kier molecular flexibility index (Phi) is 4.14. The van der Waals surface area contributed by atoms with E-state index in [-0.39, 0.29) is 5.91 Å². The summed E-state index contributed by atoms with van der Waals surface area (Å²) in [4.78, 5) is 15.5. The number of rotatable bonds is 4. The van der Waals surface area contributed by atoms with Crippen LogP contribution in [0, 0.1) is 6.92 Å². The average molecular weight is 369 g/mol. The summed E-state index contributed by atoms with van der Waals surface area (Å²) in [6, 6.07) is 10.3. The standard InChI is InChI=1S/C17H15N5OS2/c1-10-7-15-20-21-17(22(15)14-6-4-3-5-13(10)14)25-9-12-8-24-16(19-12)18-11(2)23/h3-8H,9H2,1-2H3,(H,18,19,23). The average Bonchev–Trinajstić information content (AvgIpc) is 3.19.